The monoisotopic (exact) mass is 378 g/mol. The molecule has 0 saturated carbocycles. The summed E-state index contributed by atoms with van der Waals surface area (Å²) in [7, 11) is 3.43. The Morgan fingerprint density at radius 3 is 2.54 bits per heavy atom. The van der Waals surface area contributed by atoms with Crippen molar-refractivity contribution in [2.45, 2.75) is 12.6 Å². The van der Waals surface area contributed by atoms with E-state index < -0.39 is 12.1 Å². The predicted octanol–water partition coefficient (Wildman–Crippen LogP) is 2.36. The van der Waals surface area contributed by atoms with Crippen LogP contribution < -0.4 is 10.1 Å². The lowest BCUT2D eigenvalue weighted by atomic mass is 9.99. The van der Waals surface area contributed by atoms with E-state index in [-0.39, 0.29) is 12.5 Å². The first kappa shape index (κ1) is 21.3. The number of carboxylic acid groups (broad SMARTS) is 1. The molecule has 0 saturated heterocycles. The van der Waals surface area contributed by atoms with Gasteiger partial charge in [0, 0.05) is 26.2 Å². The first-order valence-corrected chi connectivity index (χ1v) is 7.38. The molecule has 1 aromatic carbocycles. The maximum atomic E-state index is 12.4. The molecular formula is C16H18F4N2O4. The first-order valence-electron chi connectivity index (χ1n) is 7.38. The molecular weight excluding hydrogens is 360 g/mol. The van der Waals surface area contributed by atoms with Crippen LogP contribution in [0.5, 0.6) is 5.75 Å². The fourth-order valence-corrected chi connectivity index (χ4v) is 1.99. The van der Waals surface area contributed by atoms with Crippen LogP contribution in [0.4, 0.5) is 17.6 Å². The number of carbonyl (C=O) groups excluding carboxylic acids is 1. The second-order valence-electron chi connectivity index (χ2n) is 5.27. The highest BCUT2D eigenvalue weighted by atomic mass is 19.4. The number of halogens is 4. The van der Waals surface area contributed by atoms with Crippen molar-refractivity contribution in [3.05, 3.63) is 41.4 Å². The van der Waals surface area contributed by atoms with Gasteiger partial charge in [-0.1, -0.05) is 0 Å². The van der Waals surface area contributed by atoms with Gasteiger partial charge in [-0.3, -0.25) is 4.79 Å². The molecule has 2 rings (SSSR count). The summed E-state index contributed by atoms with van der Waals surface area (Å²) in [5.74, 6) is -2.08. The Morgan fingerprint density at radius 2 is 2.04 bits per heavy atom. The number of ether oxygens (including phenoxy) is 1. The van der Waals surface area contributed by atoms with E-state index >= 15 is 0 Å². The fraction of sp³-hybridized carbons (Fsp3) is 0.375. The molecule has 0 bridgehead atoms. The minimum atomic E-state index is -5.08. The largest absolute Gasteiger partial charge is 0.490 e. The molecule has 0 aliphatic carbocycles. The zero-order chi connectivity index (χ0) is 19.9. The lowest BCUT2D eigenvalue weighted by molar-refractivity contribution is -0.192. The Kier molecular flexibility index (Phi) is 7.41. The van der Waals surface area contributed by atoms with E-state index in [9.17, 15) is 22.4 Å². The lowest BCUT2D eigenvalue weighted by Gasteiger charge is -2.25. The highest BCUT2D eigenvalue weighted by molar-refractivity contribution is 5.96. The number of alkyl halides is 3. The molecule has 144 valence electrons. The third-order valence-electron chi connectivity index (χ3n) is 3.46. The summed E-state index contributed by atoms with van der Waals surface area (Å²) < 4.78 is 49.6. The van der Waals surface area contributed by atoms with E-state index in [0.717, 1.165) is 17.5 Å². The number of rotatable bonds is 4. The fourth-order valence-electron chi connectivity index (χ4n) is 1.99. The molecule has 10 heteroatoms. The molecule has 1 amide bonds. The molecule has 0 aromatic heterocycles. The van der Waals surface area contributed by atoms with Gasteiger partial charge in [0.05, 0.1) is 5.70 Å². The number of fused-ring (bicyclic) bond motifs is 1. The van der Waals surface area contributed by atoms with E-state index in [0.29, 0.717) is 24.3 Å². The van der Waals surface area contributed by atoms with Gasteiger partial charge in [-0.25, -0.2) is 9.18 Å². The molecule has 1 aromatic rings. The van der Waals surface area contributed by atoms with E-state index in [2.05, 4.69) is 5.32 Å². The standard InChI is InChI=1S/C14H17FN2O2.C2HF3O2/c1-16-11(8-15)9-19-12-3-4-13-10(7-12)5-6-17(2)14(13)18;3-2(4,5)1(6)7/h3-4,7-8,16H,5-6,9H2,1-2H3;(H,6,7)/b11-8+;. The number of nitrogens with zero attached hydrogens (tertiary/aromatic N) is 1. The molecule has 0 spiro atoms. The van der Waals surface area contributed by atoms with Gasteiger partial charge in [-0.15, -0.1) is 0 Å². The smallest absolute Gasteiger partial charge is 0.487 e. The summed E-state index contributed by atoms with van der Waals surface area (Å²) in [6.07, 6.45) is -3.79. The molecule has 2 N–H and O–H groups in total. The van der Waals surface area contributed by atoms with Crippen molar-refractivity contribution in [3.63, 3.8) is 0 Å². The topological polar surface area (TPSA) is 78.9 Å². The summed E-state index contributed by atoms with van der Waals surface area (Å²) in [6.45, 7) is 0.848. The van der Waals surface area contributed by atoms with Crippen molar-refractivity contribution in [3.8, 4) is 5.75 Å². The maximum absolute atomic E-state index is 12.4. The zero-order valence-electron chi connectivity index (χ0n) is 14.1. The van der Waals surface area contributed by atoms with Gasteiger partial charge in [0.2, 0.25) is 0 Å². The number of benzene rings is 1. The number of hydrogen-bond acceptors (Lipinski definition) is 4. The average Bonchev–Trinajstić information content (AvgIpc) is 2.59. The molecule has 1 aliphatic heterocycles. The predicted molar refractivity (Wildman–Crippen MR) is 84.5 cm³/mol. The Labute approximate surface area is 147 Å². The minimum absolute atomic E-state index is 0.0346. The van der Waals surface area contributed by atoms with Crippen LogP contribution >= 0.6 is 0 Å². The molecule has 0 unspecified atom stereocenters. The van der Waals surface area contributed by atoms with E-state index in [1.54, 1.807) is 31.1 Å². The second kappa shape index (κ2) is 9.07. The van der Waals surface area contributed by atoms with Crippen molar-refractivity contribution in [2.24, 2.45) is 0 Å². The number of nitrogens with one attached hydrogen (secondary N) is 1. The summed E-state index contributed by atoms with van der Waals surface area (Å²) >= 11 is 0. The van der Waals surface area contributed by atoms with Crippen LogP contribution in [0.25, 0.3) is 0 Å². The van der Waals surface area contributed by atoms with Crippen LogP contribution in [0.1, 0.15) is 15.9 Å². The second-order valence-corrected chi connectivity index (χ2v) is 5.27. The number of hydrogen-bond donors (Lipinski definition) is 2. The van der Waals surface area contributed by atoms with Crippen molar-refractivity contribution < 1.29 is 37.0 Å². The van der Waals surface area contributed by atoms with Crippen LogP contribution in [-0.4, -0.2) is 55.3 Å². The van der Waals surface area contributed by atoms with Crippen LogP contribution in [0.2, 0.25) is 0 Å². The van der Waals surface area contributed by atoms with Gasteiger partial charge in [-0.05, 0) is 30.2 Å². The number of amides is 1. The van der Waals surface area contributed by atoms with E-state index in [4.69, 9.17) is 14.6 Å². The average molecular weight is 378 g/mol. The quantitative estimate of drug-likeness (QED) is 0.787. The normalized spacial score (nSPS) is 14.2. The number of likely N-dealkylation sites (N-methyl/N-ethyl adjacent to an activating group) is 2. The van der Waals surface area contributed by atoms with E-state index in [1.165, 1.54) is 0 Å². The summed E-state index contributed by atoms with van der Waals surface area (Å²) in [5.41, 5.74) is 2.07. The third-order valence-corrected chi connectivity index (χ3v) is 3.46. The molecule has 1 aliphatic rings. The third kappa shape index (κ3) is 5.94. The van der Waals surface area contributed by atoms with Crippen molar-refractivity contribution >= 4 is 11.9 Å². The zero-order valence-corrected chi connectivity index (χ0v) is 14.1. The Balaban J connectivity index is 0.000000412. The summed E-state index contributed by atoms with van der Waals surface area (Å²) in [4.78, 5) is 22.5. The SMILES string of the molecule is CN/C(=C/F)COc1ccc2c(c1)CCN(C)C2=O.O=C(O)C(F)(F)F. The van der Waals surface area contributed by atoms with E-state index in [1.807, 2.05) is 6.07 Å². The van der Waals surface area contributed by atoms with Crippen LogP contribution in [0, 0.1) is 0 Å². The van der Waals surface area contributed by atoms with Crippen molar-refractivity contribution in [1.82, 2.24) is 10.2 Å². The number of carbonyl (C=O) groups is 2. The molecule has 0 fully saturated rings. The number of carboxylic acids is 1. The summed E-state index contributed by atoms with van der Waals surface area (Å²) in [6, 6.07) is 5.36. The summed E-state index contributed by atoms with van der Waals surface area (Å²) in [5, 5.41) is 9.82. The molecule has 0 radical (unpaired) electrons. The highest BCUT2D eigenvalue weighted by Crippen LogP contribution is 2.23. The maximum Gasteiger partial charge on any atom is 0.490 e. The van der Waals surface area contributed by atoms with Crippen LogP contribution in [0.3, 0.4) is 0 Å². The molecule has 6 nitrogen and oxygen atoms in total. The highest BCUT2D eigenvalue weighted by Gasteiger charge is 2.38. The van der Waals surface area contributed by atoms with Gasteiger partial charge in [-0.2, -0.15) is 13.2 Å². The minimum Gasteiger partial charge on any atom is -0.487 e. The Morgan fingerprint density at radius 1 is 1.42 bits per heavy atom. The van der Waals surface area contributed by atoms with Gasteiger partial charge >= 0.3 is 12.1 Å². The van der Waals surface area contributed by atoms with Gasteiger partial charge in [0.15, 0.2) is 0 Å². The van der Waals surface area contributed by atoms with Gasteiger partial charge in [0.25, 0.3) is 5.91 Å². The van der Waals surface area contributed by atoms with Crippen LogP contribution in [0.15, 0.2) is 30.2 Å². The Hall–Kier alpha value is -2.78. The molecule has 0 atom stereocenters. The van der Waals surface area contributed by atoms with Gasteiger partial charge < -0.3 is 20.1 Å². The number of aliphatic carboxylic acids is 1. The van der Waals surface area contributed by atoms with Crippen molar-refractivity contribution in [2.75, 3.05) is 27.2 Å². The van der Waals surface area contributed by atoms with Crippen molar-refractivity contribution in [1.29, 1.82) is 0 Å². The Bertz CT molecular complexity index is 689. The van der Waals surface area contributed by atoms with Crippen LogP contribution in [-0.2, 0) is 11.2 Å². The van der Waals surface area contributed by atoms with Gasteiger partial charge in [0.1, 0.15) is 18.7 Å². The lowest BCUT2D eigenvalue weighted by Crippen LogP contribution is -2.34. The molecule has 26 heavy (non-hydrogen) atoms. The first-order chi connectivity index (χ1) is 12.1. The molecule has 1 heterocycles.